The highest BCUT2D eigenvalue weighted by atomic mass is 16.5. The maximum Gasteiger partial charge on any atom is 0.0877 e. The molecule has 17 heavy (non-hydrogen) atoms. The number of ether oxygens (including phenoxy) is 1. The highest BCUT2D eigenvalue weighted by Gasteiger charge is 2.32. The molecule has 1 aliphatic rings. The summed E-state index contributed by atoms with van der Waals surface area (Å²) in [6.07, 6.45) is 2.49. The molecule has 4 heteroatoms. The van der Waals surface area contributed by atoms with Crippen molar-refractivity contribution in [2.75, 3.05) is 19.7 Å². The van der Waals surface area contributed by atoms with Crippen molar-refractivity contribution < 1.29 is 14.9 Å². The van der Waals surface area contributed by atoms with Crippen LogP contribution in [0.2, 0.25) is 0 Å². The number of piperidine rings is 1. The van der Waals surface area contributed by atoms with E-state index in [2.05, 4.69) is 12.2 Å². The minimum Gasteiger partial charge on any atom is -0.396 e. The number of hydrogen-bond acceptors (Lipinski definition) is 4. The van der Waals surface area contributed by atoms with Crippen LogP contribution in [0.5, 0.6) is 0 Å². The second-order valence-corrected chi connectivity index (χ2v) is 5.45. The van der Waals surface area contributed by atoms with Gasteiger partial charge in [-0.25, -0.2) is 0 Å². The van der Waals surface area contributed by atoms with E-state index >= 15 is 0 Å². The molecule has 0 aromatic rings. The average molecular weight is 245 g/mol. The molecular formula is C13H27NO3. The van der Waals surface area contributed by atoms with Crippen LogP contribution in [0.1, 0.15) is 40.0 Å². The van der Waals surface area contributed by atoms with Crippen LogP contribution in [0.4, 0.5) is 0 Å². The molecule has 1 saturated heterocycles. The fourth-order valence-corrected chi connectivity index (χ4v) is 2.37. The molecule has 4 atom stereocenters. The van der Waals surface area contributed by atoms with Gasteiger partial charge in [-0.2, -0.15) is 0 Å². The Kier molecular flexibility index (Phi) is 5.86. The number of rotatable bonds is 6. The van der Waals surface area contributed by atoms with Gasteiger partial charge in [0.05, 0.1) is 17.8 Å². The Morgan fingerprint density at radius 1 is 1.47 bits per heavy atom. The SMILES string of the molecule is CCC[C@@](C)(O)C(C)OC1CNCC(CO)C1. The summed E-state index contributed by atoms with van der Waals surface area (Å²) < 4.78 is 5.92. The van der Waals surface area contributed by atoms with Crippen LogP contribution in [0.15, 0.2) is 0 Å². The first-order chi connectivity index (χ1) is 7.99. The van der Waals surface area contributed by atoms with Gasteiger partial charge in [-0.3, -0.25) is 0 Å². The van der Waals surface area contributed by atoms with Crippen LogP contribution in [-0.4, -0.2) is 47.7 Å². The van der Waals surface area contributed by atoms with Gasteiger partial charge in [0.2, 0.25) is 0 Å². The number of hydrogen-bond donors (Lipinski definition) is 3. The van der Waals surface area contributed by atoms with Crippen LogP contribution in [0.3, 0.4) is 0 Å². The van der Waals surface area contributed by atoms with Gasteiger partial charge in [-0.05, 0) is 32.6 Å². The molecule has 0 radical (unpaired) electrons. The van der Waals surface area contributed by atoms with Crippen molar-refractivity contribution in [3.63, 3.8) is 0 Å². The van der Waals surface area contributed by atoms with E-state index in [4.69, 9.17) is 9.84 Å². The first kappa shape index (κ1) is 14.9. The van der Waals surface area contributed by atoms with E-state index in [9.17, 15) is 5.11 Å². The van der Waals surface area contributed by atoms with Crippen molar-refractivity contribution in [2.45, 2.75) is 57.8 Å². The van der Waals surface area contributed by atoms with E-state index in [1.807, 2.05) is 13.8 Å². The molecule has 0 aromatic heterocycles. The largest absolute Gasteiger partial charge is 0.396 e. The van der Waals surface area contributed by atoms with Crippen molar-refractivity contribution in [3.8, 4) is 0 Å². The second-order valence-electron chi connectivity index (χ2n) is 5.45. The predicted molar refractivity (Wildman–Crippen MR) is 67.9 cm³/mol. The fraction of sp³-hybridized carbons (Fsp3) is 1.00. The summed E-state index contributed by atoms with van der Waals surface area (Å²) >= 11 is 0. The molecule has 1 rings (SSSR count). The summed E-state index contributed by atoms with van der Waals surface area (Å²) in [7, 11) is 0. The predicted octanol–water partition coefficient (Wildman–Crippen LogP) is 0.913. The molecule has 0 saturated carbocycles. The zero-order valence-corrected chi connectivity index (χ0v) is 11.3. The minimum atomic E-state index is -0.763. The van der Waals surface area contributed by atoms with Gasteiger partial charge in [0.1, 0.15) is 0 Å². The van der Waals surface area contributed by atoms with Crippen molar-refractivity contribution in [3.05, 3.63) is 0 Å². The van der Waals surface area contributed by atoms with E-state index in [0.29, 0.717) is 0 Å². The lowest BCUT2D eigenvalue weighted by Gasteiger charge is -2.36. The van der Waals surface area contributed by atoms with E-state index < -0.39 is 5.60 Å². The van der Waals surface area contributed by atoms with Gasteiger partial charge in [0, 0.05) is 19.7 Å². The quantitative estimate of drug-likeness (QED) is 0.651. The topological polar surface area (TPSA) is 61.7 Å². The molecule has 3 N–H and O–H groups in total. The summed E-state index contributed by atoms with van der Waals surface area (Å²) in [6.45, 7) is 7.69. The van der Waals surface area contributed by atoms with E-state index in [1.165, 1.54) is 0 Å². The highest BCUT2D eigenvalue weighted by Crippen LogP contribution is 2.23. The Morgan fingerprint density at radius 3 is 2.76 bits per heavy atom. The Hall–Kier alpha value is -0.160. The Bertz CT molecular complexity index is 221. The molecule has 0 aliphatic carbocycles. The molecule has 0 amide bonds. The van der Waals surface area contributed by atoms with Crippen molar-refractivity contribution in [1.82, 2.24) is 5.32 Å². The van der Waals surface area contributed by atoms with Crippen molar-refractivity contribution in [1.29, 1.82) is 0 Å². The van der Waals surface area contributed by atoms with Gasteiger partial charge in [0.25, 0.3) is 0 Å². The third-order valence-electron chi connectivity index (χ3n) is 3.69. The number of nitrogens with one attached hydrogen (secondary N) is 1. The second kappa shape index (κ2) is 6.69. The average Bonchev–Trinajstić information content (AvgIpc) is 2.29. The maximum atomic E-state index is 10.2. The fourth-order valence-electron chi connectivity index (χ4n) is 2.37. The number of aliphatic hydroxyl groups excluding tert-OH is 1. The summed E-state index contributed by atoms with van der Waals surface area (Å²) in [5.74, 6) is 0.275. The lowest BCUT2D eigenvalue weighted by atomic mass is 9.93. The molecule has 0 aromatic carbocycles. The lowest BCUT2D eigenvalue weighted by molar-refractivity contribution is -0.129. The summed E-state index contributed by atoms with van der Waals surface area (Å²) in [4.78, 5) is 0. The molecule has 1 aliphatic heterocycles. The highest BCUT2D eigenvalue weighted by molar-refractivity contribution is 4.83. The van der Waals surface area contributed by atoms with Gasteiger partial charge in [-0.15, -0.1) is 0 Å². The monoisotopic (exact) mass is 245 g/mol. The Balaban J connectivity index is 2.42. The first-order valence-corrected chi connectivity index (χ1v) is 6.69. The van der Waals surface area contributed by atoms with Gasteiger partial charge < -0.3 is 20.3 Å². The van der Waals surface area contributed by atoms with Crippen LogP contribution >= 0.6 is 0 Å². The zero-order chi connectivity index (χ0) is 12.9. The Labute approximate surface area is 104 Å². The van der Waals surface area contributed by atoms with E-state index in [0.717, 1.165) is 32.4 Å². The van der Waals surface area contributed by atoms with Crippen LogP contribution < -0.4 is 5.32 Å². The molecule has 1 fully saturated rings. The molecule has 3 unspecified atom stereocenters. The van der Waals surface area contributed by atoms with E-state index in [1.54, 1.807) is 0 Å². The van der Waals surface area contributed by atoms with Crippen LogP contribution in [0, 0.1) is 5.92 Å². The smallest absolute Gasteiger partial charge is 0.0877 e. The first-order valence-electron chi connectivity index (χ1n) is 6.69. The number of aliphatic hydroxyl groups is 2. The van der Waals surface area contributed by atoms with Crippen molar-refractivity contribution in [2.24, 2.45) is 5.92 Å². The summed E-state index contributed by atoms with van der Waals surface area (Å²) in [5.41, 5.74) is -0.763. The lowest BCUT2D eigenvalue weighted by Crippen LogP contribution is -2.47. The van der Waals surface area contributed by atoms with Crippen LogP contribution in [-0.2, 0) is 4.74 Å². The normalized spacial score (nSPS) is 30.9. The van der Waals surface area contributed by atoms with Gasteiger partial charge >= 0.3 is 0 Å². The minimum absolute atomic E-state index is 0.0965. The maximum absolute atomic E-state index is 10.2. The molecular weight excluding hydrogens is 218 g/mol. The molecule has 0 bridgehead atoms. The van der Waals surface area contributed by atoms with Gasteiger partial charge in [0.15, 0.2) is 0 Å². The van der Waals surface area contributed by atoms with Crippen molar-refractivity contribution >= 4 is 0 Å². The third kappa shape index (κ3) is 4.54. The zero-order valence-electron chi connectivity index (χ0n) is 11.3. The van der Waals surface area contributed by atoms with Crippen LogP contribution in [0.25, 0.3) is 0 Å². The Morgan fingerprint density at radius 2 is 2.18 bits per heavy atom. The van der Waals surface area contributed by atoms with Gasteiger partial charge in [-0.1, -0.05) is 13.3 Å². The molecule has 0 spiro atoms. The van der Waals surface area contributed by atoms with E-state index in [-0.39, 0.29) is 24.7 Å². The molecule has 4 nitrogen and oxygen atoms in total. The summed E-state index contributed by atoms with van der Waals surface area (Å²) in [6, 6.07) is 0. The standard InChI is InChI=1S/C13H27NO3/c1-4-5-13(3,16)10(2)17-12-6-11(9-15)7-14-8-12/h10-12,14-16H,4-9H2,1-3H3/t10?,11?,12?,13-/m1/s1. The third-order valence-corrected chi connectivity index (χ3v) is 3.69. The molecule has 1 heterocycles. The molecule has 102 valence electrons. The summed E-state index contributed by atoms with van der Waals surface area (Å²) in [5, 5.41) is 22.6.